The fourth-order valence-corrected chi connectivity index (χ4v) is 2.45. The number of para-hydroxylation sites is 2. The highest BCUT2D eigenvalue weighted by Crippen LogP contribution is 2.28. The van der Waals surface area contributed by atoms with E-state index in [1.165, 1.54) is 18.2 Å². The number of rotatable bonds is 4. The van der Waals surface area contributed by atoms with Gasteiger partial charge in [-0.1, -0.05) is 24.3 Å². The van der Waals surface area contributed by atoms with Crippen molar-refractivity contribution in [2.75, 3.05) is 22.5 Å². The zero-order valence-electron chi connectivity index (χ0n) is 13.4. The summed E-state index contributed by atoms with van der Waals surface area (Å²) in [5.74, 6) is -0.574. The molecule has 3 aromatic rings. The first-order chi connectivity index (χ1) is 12.1. The molecular weight excluding hydrogens is 325 g/mol. The number of hydrogen-bond donors (Lipinski definition) is 3. The molecule has 25 heavy (non-hydrogen) atoms. The van der Waals surface area contributed by atoms with E-state index in [1.807, 2.05) is 6.92 Å². The van der Waals surface area contributed by atoms with Crippen LogP contribution in [0.3, 0.4) is 0 Å². The van der Waals surface area contributed by atoms with Crippen LogP contribution in [-0.4, -0.2) is 12.6 Å². The third-order valence-electron chi connectivity index (χ3n) is 3.53. The first-order valence-electron chi connectivity index (χ1n) is 7.72. The molecular formula is C18H16FN3O3. The largest absolute Gasteiger partial charge is 0.421 e. The van der Waals surface area contributed by atoms with Gasteiger partial charge in [-0.25, -0.2) is 14.0 Å². The van der Waals surface area contributed by atoms with Crippen LogP contribution in [-0.2, 0) is 0 Å². The van der Waals surface area contributed by atoms with Crippen LogP contribution in [0, 0.1) is 5.82 Å². The van der Waals surface area contributed by atoms with Gasteiger partial charge < -0.3 is 15.1 Å². The van der Waals surface area contributed by atoms with Crippen LogP contribution in [0.5, 0.6) is 0 Å². The molecule has 6 nitrogen and oxygen atoms in total. The molecule has 3 N–H and O–H groups in total. The fraction of sp³-hybridized carbons (Fsp3) is 0.111. The van der Waals surface area contributed by atoms with Gasteiger partial charge in [0.15, 0.2) is 5.69 Å². The monoisotopic (exact) mass is 341 g/mol. The molecule has 1 aromatic heterocycles. The Bertz CT molecular complexity index is 985. The summed E-state index contributed by atoms with van der Waals surface area (Å²) >= 11 is 0. The lowest BCUT2D eigenvalue weighted by molar-refractivity contribution is 0.262. The van der Waals surface area contributed by atoms with Gasteiger partial charge >= 0.3 is 11.7 Å². The molecule has 0 aliphatic carbocycles. The zero-order chi connectivity index (χ0) is 17.8. The average molecular weight is 341 g/mol. The van der Waals surface area contributed by atoms with Crippen LogP contribution in [0.25, 0.3) is 11.0 Å². The molecule has 0 aliphatic rings. The number of halogens is 1. The van der Waals surface area contributed by atoms with E-state index in [4.69, 9.17) is 4.42 Å². The minimum atomic E-state index is -0.744. The van der Waals surface area contributed by atoms with E-state index in [2.05, 4.69) is 16.0 Å². The molecule has 0 atom stereocenters. The molecule has 0 unspecified atom stereocenters. The lowest BCUT2D eigenvalue weighted by Crippen LogP contribution is -2.25. The van der Waals surface area contributed by atoms with Crippen LogP contribution in [0.4, 0.5) is 26.2 Å². The zero-order valence-corrected chi connectivity index (χ0v) is 13.4. The minimum Gasteiger partial charge on any atom is -0.421 e. The summed E-state index contributed by atoms with van der Waals surface area (Å²) in [5, 5.41) is 8.54. The van der Waals surface area contributed by atoms with Gasteiger partial charge in [-0.15, -0.1) is 0 Å². The van der Waals surface area contributed by atoms with Crippen molar-refractivity contribution in [2.45, 2.75) is 6.92 Å². The van der Waals surface area contributed by atoms with E-state index in [1.54, 1.807) is 30.3 Å². The highest BCUT2D eigenvalue weighted by Gasteiger charge is 2.17. The molecule has 0 saturated heterocycles. The van der Waals surface area contributed by atoms with Crippen LogP contribution < -0.4 is 21.6 Å². The Labute approximate surface area is 142 Å². The summed E-state index contributed by atoms with van der Waals surface area (Å²) in [7, 11) is 0. The molecule has 1 heterocycles. The molecule has 3 rings (SSSR count). The minimum absolute atomic E-state index is 0.00942. The molecule has 0 spiro atoms. The van der Waals surface area contributed by atoms with Crippen LogP contribution in [0.2, 0.25) is 0 Å². The van der Waals surface area contributed by atoms with Crippen LogP contribution >= 0.6 is 0 Å². The van der Waals surface area contributed by atoms with Crippen molar-refractivity contribution in [1.82, 2.24) is 0 Å². The molecule has 0 bridgehead atoms. The Kier molecular flexibility index (Phi) is 4.65. The Morgan fingerprint density at radius 2 is 1.76 bits per heavy atom. The van der Waals surface area contributed by atoms with Crippen molar-refractivity contribution in [1.29, 1.82) is 0 Å². The normalized spacial score (nSPS) is 10.5. The predicted molar refractivity (Wildman–Crippen MR) is 95.7 cm³/mol. The number of hydrogen-bond acceptors (Lipinski definition) is 4. The van der Waals surface area contributed by atoms with Crippen molar-refractivity contribution < 1.29 is 13.6 Å². The summed E-state index contributed by atoms with van der Waals surface area (Å²) in [6.45, 7) is 2.41. The standard InChI is InChI=1S/C18H16FN3O3/c1-2-20-15-11-7-3-6-10-14(11)25-17(23)16(15)22-18(24)21-13-9-5-4-8-12(13)19/h3-10,20H,2H2,1H3,(H2,21,22,24). The van der Waals surface area contributed by atoms with E-state index < -0.39 is 17.5 Å². The summed E-state index contributed by atoms with van der Waals surface area (Å²) in [6, 6.07) is 12.0. The maximum Gasteiger partial charge on any atom is 0.362 e. The summed E-state index contributed by atoms with van der Waals surface area (Å²) in [6.07, 6.45) is 0. The molecule has 0 aliphatic heterocycles. The SMILES string of the molecule is CCNc1c(NC(=O)Nc2ccccc2F)c(=O)oc2ccccc12. The van der Waals surface area contributed by atoms with Crippen molar-refractivity contribution in [3.05, 3.63) is 64.8 Å². The van der Waals surface area contributed by atoms with Gasteiger partial charge in [-0.05, 0) is 31.2 Å². The van der Waals surface area contributed by atoms with Crippen molar-refractivity contribution in [2.24, 2.45) is 0 Å². The summed E-state index contributed by atoms with van der Waals surface area (Å²) in [5.41, 5.74) is 0.143. The van der Waals surface area contributed by atoms with Gasteiger partial charge in [-0.2, -0.15) is 0 Å². The lowest BCUT2D eigenvalue weighted by atomic mass is 10.2. The van der Waals surface area contributed by atoms with Gasteiger partial charge in [0.1, 0.15) is 11.4 Å². The molecule has 7 heteroatoms. The second-order valence-corrected chi connectivity index (χ2v) is 5.22. The molecule has 0 saturated carbocycles. The number of carbonyl (C=O) groups is 1. The quantitative estimate of drug-likeness (QED) is 0.626. The maximum atomic E-state index is 13.6. The van der Waals surface area contributed by atoms with E-state index in [0.717, 1.165) is 0 Å². The smallest absolute Gasteiger partial charge is 0.362 e. The highest BCUT2D eigenvalue weighted by molar-refractivity contribution is 6.05. The number of fused-ring (bicyclic) bond motifs is 1. The summed E-state index contributed by atoms with van der Waals surface area (Å²) < 4.78 is 18.9. The molecule has 0 fully saturated rings. The lowest BCUT2D eigenvalue weighted by Gasteiger charge is -2.14. The maximum absolute atomic E-state index is 13.6. The van der Waals surface area contributed by atoms with Gasteiger partial charge in [-0.3, -0.25) is 5.32 Å². The molecule has 128 valence electrons. The van der Waals surface area contributed by atoms with Crippen LogP contribution in [0.15, 0.2) is 57.7 Å². The van der Waals surface area contributed by atoms with Gasteiger partial charge in [0.25, 0.3) is 0 Å². The van der Waals surface area contributed by atoms with E-state index >= 15 is 0 Å². The van der Waals surface area contributed by atoms with E-state index in [-0.39, 0.29) is 11.4 Å². The Morgan fingerprint density at radius 1 is 1.04 bits per heavy atom. The van der Waals surface area contributed by atoms with E-state index in [0.29, 0.717) is 23.2 Å². The van der Waals surface area contributed by atoms with E-state index in [9.17, 15) is 14.0 Å². The number of urea groups is 1. The Balaban J connectivity index is 1.96. The number of amides is 2. The second kappa shape index (κ2) is 7.04. The molecule has 2 amide bonds. The van der Waals surface area contributed by atoms with Crippen molar-refractivity contribution in [3.63, 3.8) is 0 Å². The number of carbonyl (C=O) groups excluding carboxylic acids is 1. The van der Waals surface area contributed by atoms with Gasteiger partial charge in [0.05, 0.1) is 11.4 Å². The molecule has 2 aromatic carbocycles. The topological polar surface area (TPSA) is 83.4 Å². The van der Waals surface area contributed by atoms with Gasteiger partial charge in [0, 0.05) is 11.9 Å². The van der Waals surface area contributed by atoms with Crippen molar-refractivity contribution in [3.8, 4) is 0 Å². The molecule has 0 radical (unpaired) electrons. The highest BCUT2D eigenvalue weighted by atomic mass is 19.1. The van der Waals surface area contributed by atoms with Crippen molar-refractivity contribution >= 4 is 34.1 Å². The van der Waals surface area contributed by atoms with Crippen LogP contribution in [0.1, 0.15) is 6.92 Å². The Morgan fingerprint density at radius 3 is 2.52 bits per heavy atom. The first kappa shape index (κ1) is 16.5. The summed E-state index contributed by atoms with van der Waals surface area (Å²) in [4.78, 5) is 24.4. The predicted octanol–water partition coefficient (Wildman–Crippen LogP) is 4.01. The average Bonchev–Trinajstić information content (AvgIpc) is 2.60. The fourth-order valence-electron chi connectivity index (χ4n) is 2.45. The second-order valence-electron chi connectivity index (χ2n) is 5.22. The first-order valence-corrected chi connectivity index (χ1v) is 7.72. The number of benzene rings is 2. The number of nitrogens with one attached hydrogen (secondary N) is 3. The number of anilines is 3. The third-order valence-corrected chi connectivity index (χ3v) is 3.53. The van der Waals surface area contributed by atoms with Gasteiger partial charge in [0.2, 0.25) is 0 Å². The third kappa shape index (κ3) is 3.45. The Hall–Kier alpha value is -3.35.